The van der Waals surface area contributed by atoms with Gasteiger partial charge < -0.3 is 9.15 Å². The lowest BCUT2D eigenvalue weighted by Crippen LogP contribution is -2.31. The quantitative estimate of drug-likeness (QED) is 0.568. The minimum Gasteiger partial charge on any atom is -0.479 e. The van der Waals surface area contributed by atoms with Crippen molar-refractivity contribution in [3.8, 4) is 5.75 Å². The number of fused-ring (bicyclic) bond motifs is 3. The third-order valence-electron chi connectivity index (χ3n) is 3.30. The van der Waals surface area contributed by atoms with E-state index in [2.05, 4.69) is 0 Å². The average molecular weight is 244 g/mol. The van der Waals surface area contributed by atoms with Gasteiger partial charge in [-0.25, -0.2) is 4.79 Å². The van der Waals surface area contributed by atoms with Gasteiger partial charge in [-0.05, 0) is 31.5 Å². The molecule has 0 spiro atoms. The lowest BCUT2D eigenvalue weighted by molar-refractivity contribution is -0.118. The predicted molar refractivity (Wildman–Crippen MR) is 66.0 cm³/mol. The number of ether oxygens (including phenoxy) is 1. The van der Waals surface area contributed by atoms with Crippen LogP contribution in [0.5, 0.6) is 5.75 Å². The fourth-order valence-corrected chi connectivity index (χ4v) is 2.39. The van der Waals surface area contributed by atoms with E-state index in [9.17, 15) is 9.59 Å². The molecular weight excluding hydrogens is 232 g/mol. The molecule has 0 saturated carbocycles. The fourth-order valence-electron chi connectivity index (χ4n) is 2.39. The molecule has 1 aliphatic rings. The highest BCUT2D eigenvalue weighted by Gasteiger charge is 2.36. The van der Waals surface area contributed by atoms with Crippen molar-refractivity contribution in [3.63, 3.8) is 0 Å². The van der Waals surface area contributed by atoms with Gasteiger partial charge in [0.2, 0.25) is 0 Å². The van der Waals surface area contributed by atoms with E-state index >= 15 is 0 Å². The van der Waals surface area contributed by atoms with E-state index in [1.807, 2.05) is 19.1 Å². The molecule has 0 aliphatic carbocycles. The van der Waals surface area contributed by atoms with Crippen LogP contribution in [0.2, 0.25) is 0 Å². The van der Waals surface area contributed by atoms with E-state index in [1.54, 1.807) is 6.92 Å². The maximum Gasteiger partial charge on any atom is 0.336 e. The molecule has 2 heterocycles. The standard InChI is InChI=1S/C14H12O4/c1-8-5-12(16)17-13-9(8)3-4-11-10(13)6-14(2,7-15)18-11/h3-5,7H,6H2,1-2H3. The normalized spacial score (nSPS) is 21.7. The molecule has 0 fully saturated rings. The Balaban J connectivity index is 2.33. The highest BCUT2D eigenvalue weighted by Crippen LogP contribution is 2.38. The molecule has 4 nitrogen and oxygen atoms in total. The number of hydrogen-bond acceptors (Lipinski definition) is 4. The molecule has 0 N–H and O–H groups in total. The summed E-state index contributed by atoms with van der Waals surface area (Å²) in [7, 11) is 0. The Bertz CT molecular complexity index is 714. The Kier molecular flexibility index (Phi) is 2.11. The Morgan fingerprint density at radius 3 is 2.89 bits per heavy atom. The molecule has 1 aliphatic heterocycles. The number of carbonyl (C=O) groups excluding carboxylic acids is 1. The van der Waals surface area contributed by atoms with Crippen molar-refractivity contribution in [2.75, 3.05) is 0 Å². The molecule has 0 bridgehead atoms. The lowest BCUT2D eigenvalue weighted by atomic mass is 9.98. The number of carbonyl (C=O) groups is 1. The third kappa shape index (κ3) is 1.45. The summed E-state index contributed by atoms with van der Waals surface area (Å²) in [6.45, 7) is 3.58. The smallest absolute Gasteiger partial charge is 0.336 e. The van der Waals surface area contributed by atoms with Gasteiger partial charge in [0.15, 0.2) is 11.9 Å². The molecule has 92 valence electrons. The summed E-state index contributed by atoms with van der Waals surface area (Å²) in [4.78, 5) is 22.5. The van der Waals surface area contributed by atoms with Gasteiger partial charge in [0, 0.05) is 23.4 Å². The molecule has 18 heavy (non-hydrogen) atoms. The first-order valence-corrected chi connectivity index (χ1v) is 5.74. The first-order chi connectivity index (χ1) is 8.52. The summed E-state index contributed by atoms with van der Waals surface area (Å²) >= 11 is 0. The molecule has 3 rings (SSSR count). The zero-order valence-electron chi connectivity index (χ0n) is 10.1. The third-order valence-corrected chi connectivity index (χ3v) is 3.30. The molecule has 1 aromatic carbocycles. The summed E-state index contributed by atoms with van der Waals surface area (Å²) in [6, 6.07) is 5.13. The van der Waals surface area contributed by atoms with Gasteiger partial charge in [-0.1, -0.05) is 0 Å². The van der Waals surface area contributed by atoms with Crippen LogP contribution in [-0.4, -0.2) is 11.9 Å². The van der Waals surface area contributed by atoms with Gasteiger partial charge in [-0.3, -0.25) is 4.79 Å². The van der Waals surface area contributed by atoms with Crippen molar-refractivity contribution in [2.24, 2.45) is 0 Å². The minimum absolute atomic E-state index is 0.381. The van der Waals surface area contributed by atoms with Crippen LogP contribution in [0.4, 0.5) is 0 Å². The van der Waals surface area contributed by atoms with E-state index < -0.39 is 5.60 Å². The van der Waals surface area contributed by atoms with Crippen molar-refractivity contribution < 1.29 is 13.9 Å². The fraction of sp³-hybridized carbons (Fsp3) is 0.286. The van der Waals surface area contributed by atoms with Crippen LogP contribution in [0.3, 0.4) is 0 Å². The summed E-state index contributed by atoms with van der Waals surface area (Å²) in [5.74, 6) is 0.617. The lowest BCUT2D eigenvalue weighted by Gasteiger charge is -2.14. The first kappa shape index (κ1) is 11.0. The van der Waals surface area contributed by atoms with Crippen molar-refractivity contribution in [3.05, 3.63) is 39.7 Å². The second-order valence-corrected chi connectivity index (χ2v) is 4.88. The number of rotatable bonds is 1. The predicted octanol–water partition coefficient (Wildman–Crippen LogP) is 1.99. The molecule has 0 saturated heterocycles. The number of hydrogen-bond donors (Lipinski definition) is 0. The van der Waals surface area contributed by atoms with E-state index in [0.29, 0.717) is 17.8 Å². The summed E-state index contributed by atoms with van der Waals surface area (Å²) < 4.78 is 10.9. The highest BCUT2D eigenvalue weighted by molar-refractivity contribution is 5.86. The first-order valence-electron chi connectivity index (χ1n) is 5.74. The molecule has 1 atom stereocenters. The largest absolute Gasteiger partial charge is 0.479 e. The second kappa shape index (κ2) is 3.45. The number of aldehydes is 1. The molecule has 2 aromatic rings. The van der Waals surface area contributed by atoms with Crippen LogP contribution in [0, 0.1) is 6.92 Å². The molecule has 1 unspecified atom stereocenters. The zero-order valence-corrected chi connectivity index (χ0v) is 10.1. The molecule has 0 radical (unpaired) electrons. The van der Waals surface area contributed by atoms with Crippen LogP contribution in [0.25, 0.3) is 11.0 Å². The monoisotopic (exact) mass is 244 g/mol. The van der Waals surface area contributed by atoms with Gasteiger partial charge in [-0.15, -0.1) is 0 Å². The second-order valence-electron chi connectivity index (χ2n) is 4.88. The highest BCUT2D eigenvalue weighted by atomic mass is 16.5. The van der Waals surface area contributed by atoms with E-state index in [-0.39, 0.29) is 5.63 Å². The van der Waals surface area contributed by atoms with Crippen molar-refractivity contribution in [1.82, 2.24) is 0 Å². The number of benzene rings is 1. The molecule has 0 amide bonds. The maximum atomic E-state index is 11.5. The van der Waals surface area contributed by atoms with Crippen LogP contribution in [0.1, 0.15) is 18.1 Å². The van der Waals surface area contributed by atoms with E-state index in [4.69, 9.17) is 9.15 Å². The van der Waals surface area contributed by atoms with Gasteiger partial charge in [-0.2, -0.15) is 0 Å². The van der Waals surface area contributed by atoms with Gasteiger partial charge >= 0.3 is 5.63 Å². The number of aryl methyl sites for hydroxylation is 1. The Hall–Kier alpha value is -2.10. The summed E-state index contributed by atoms with van der Waals surface area (Å²) in [6.07, 6.45) is 1.21. The van der Waals surface area contributed by atoms with Crippen molar-refractivity contribution in [1.29, 1.82) is 0 Å². The summed E-state index contributed by atoms with van der Waals surface area (Å²) in [5.41, 5.74) is 0.946. The van der Waals surface area contributed by atoms with Gasteiger partial charge in [0.05, 0.1) is 0 Å². The SMILES string of the molecule is Cc1cc(=O)oc2c3c(ccc12)OC(C)(C=O)C3. The minimum atomic E-state index is -0.862. The Morgan fingerprint density at radius 2 is 2.17 bits per heavy atom. The topological polar surface area (TPSA) is 56.5 Å². The van der Waals surface area contributed by atoms with Crippen LogP contribution < -0.4 is 10.4 Å². The molecule has 4 heteroatoms. The zero-order chi connectivity index (χ0) is 12.9. The van der Waals surface area contributed by atoms with Gasteiger partial charge in [0.1, 0.15) is 11.3 Å². The molecule has 1 aromatic heterocycles. The molecular formula is C14H12O4. The Morgan fingerprint density at radius 1 is 1.39 bits per heavy atom. The maximum absolute atomic E-state index is 11.5. The van der Waals surface area contributed by atoms with Crippen molar-refractivity contribution in [2.45, 2.75) is 25.9 Å². The van der Waals surface area contributed by atoms with E-state index in [1.165, 1.54) is 6.07 Å². The Labute approximate surface area is 103 Å². The van der Waals surface area contributed by atoms with E-state index in [0.717, 1.165) is 22.8 Å². The van der Waals surface area contributed by atoms with Crippen LogP contribution in [0.15, 0.2) is 27.4 Å². The van der Waals surface area contributed by atoms with Crippen LogP contribution >= 0.6 is 0 Å². The van der Waals surface area contributed by atoms with Gasteiger partial charge in [0.25, 0.3) is 0 Å². The van der Waals surface area contributed by atoms with Crippen molar-refractivity contribution >= 4 is 17.3 Å². The van der Waals surface area contributed by atoms with Crippen LogP contribution in [-0.2, 0) is 11.2 Å². The average Bonchev–Trinajstić information content (AvgIpc) is 2.67. The summed E-state index contributed by atoms with van der Waals surface area (Å²) in [5, 5.41) is 0.882.